The first-order valence-corrected chi connectivity index (χ1v) is 7.77. The van der Waals surface area contributed by atoms with E-state index in [0.717, 1.165) is 4.88 Å². The van der Waals surface area contributed by atoms with Gasteiger partial charge in [0.25, 0.3) is 5.91 Å². The maximum Gasteiger partial charge on any atom is 0.343 e. The van der Waals surface area contributed by atoms with Crippen molar-refractivity contribution in [3.63, 3.8) is 0 Å². The molecule has 7 heteroatoms. The van der Waals surface area contributed by atoms with Crippen LogP contribution in [0.3, 0.4) is 0 Å². The second-order valence-corrected chi connectivity index (χ2v) is 6.38. The van der Waals surface area contributed by atoms with Gasteiger partial charge in [-0.05, 0) is 23.6 Å². The molecule has 1 N–H and O–H groups in total. The molecule has 1 saturated heterocycles. The summed E-state index contributed by atoms with van der Waals surface area (Å²) in [6.07, 6.45) is 1.63. The fraction of sp³-hybridized carbons (Fsp3) is 0.333. The molecular weight excluding hydrogens is 307 g/mol. The number of amides is 1. The number of thiophene rings is 1. The van der Waals surface area contributed by atoms with Crippen LogP contribution >= 0.6 is 11.3 Å². The van der Waals surface area contributed by atoms with Crippen molar-refractivity contribution in [2.24, 2.45) is 0 Å². The molecule has 22 heavy (non-hydrogen) atoms. The normalized spacial score (nSPS) is 21.2. The fourth-order valence-corrected chi connectivity index (χ4v) is 3.30. The summed E-state index contributed by atoms with van der Waals surface area (Å²) in [6, 6.07) is 7.35. The first-order chi connectivity index (χ1) is 10.5. The van der Waals surface area contributed by atoms with E-state index in [0.29, 0.717) is 12.2 Å². The van der Waals surface area contributed by atoms with Crippen LogP contribution in [0.25, 0.3) is 0 Å². The van der Waals surface area contributed by atoms with Crippen molar-refractivity contribution in [1.29, 1.82) is 0 Å². The summed E-state index contributed by atoms with van der Waals surface area (Å²) in [4.78, 5) is 25.8. The molecular formula is C15H15FN2O3S. The monoisotopic (exact) mass is 322 g/mol. The van der Waals surface area contributed by atoms with Crippen LogP contribution in [0.2, 0.25) is 0 Å². The van der Waals surface area contributed by atoms with Crippen LogP contribution < -0.4 is 0 Å². The molecule has 0 saturated carbocycles. The average molecular weight is 322 g/mol. The van der Waals surface area contributed by atoms with Gasteiger partial charge in [-0.2, -0.15) is 0 Å². The van der Waals surface area contributed by atoms with E-state index in [2.05, 4.69) is 0 Å². The predicted octanol–water partition coefficient (Wildman–Crippen LogP) is 2.24. The summed E-state index contributed by atoms with van der Waals surface area (Å²) in [6.45, 7) is 0.288. The van der Waals surface area contributed by atoms with Gasteiger partial charge in [0, 0.05) is 24.0 Å². The second kappa shape index (κ2) is 5.57. The number of rotatable bonds is 4. The fourth-order valence-electron chi connectivity index (χ4n) is 2.60. The summed E-state index contributed by atoms with van der Waals surface area (Å²) < 4.78 is 15.9. The molecule has 1 fully saturated rings. The third-order valence-electron chi connectivity index (χ3n) is 3.84. The van der Waals surface area contributed by atoms with E-state index in [9.17, 15) is 14.0 Å². The Hall–Kier alpha value is -2.15. The zero-order chi connectivity index (χ0) is 15.7. The second-order valence-electron chi connectivity index (χ2n) is 5.35. The van der Waals surface area contributed by atoms with E-state index in [1.54, 1.807) is 34.2 Å². The first kappa shape index (κ1) is 14.8. The Morgan fingerprint density at radius 3 is 2.82 bits per heavy atom. The van der Waals surface area contributed by atoms with Crippen molar-refractivity contribution in [3.05, 3.63) is 46.4 Å². The van der Waals surface area contributed by atoms with Crippen LogP contribution in [0.5, 0.6) is 0 Å². The van der Waals surface area contributed by atoms with Gasteiger partial charge in [-0.25, -0.2) is 9.18 Å². The standard InChI is InChI=1S/C15H15FN2O3S/c16-15(14(20)21)5-7-18(10-15)13(19)12-4-1-6-17(12)9-11-3-2-8-22-11/h1-4,6,8H,5,7,9-10H2,(H,20,21). The van der Waals surface area contributed by atoms with E-state index < -0.39 is 18.2 Å². The zero-order valence-corrected chi connectivity index (χ0v) is 12.6. The number of carboxylic acid groups (broad SMARTS) is 1. The van der Waals surface area contributed by atoms with E-state index in [1.165, 1.54) is 4.90 Å². The number of halogens is 1. The molecule has 1 unspecified atom stereocenters. The molecule has 0 radical (unpaired) electrons. The van der Waals surface area contributed by atoms with Crippen LogP contribution in [0.15, 0.2) is 35.8 Å². The van der Waals surface area contributed by atoms with Gasteiger partial charge in [0.05, 0.1) is 13.1 Å². The average Bonchev–Trinajstić information content (AvgIpc) is 3.20. The molecule has 2 aromatic rings. The van der Waals surface area contributed by atoms with Crippen molar-refractivity contribution in [2.75, 3.05) is 13.1 Å². The van der Waals surface area contributed by atoms with Crippen LogP contribution in [-0.2, 0) is 11.3 Å². The predicted molar refractivity (Wildman–Crippen MR) is 79.8 cm³/mol. The Balaban J connectivity index is 1.77. The largest absolute Gasteiger partial charge is 0.479 e. The number of hydrogen-bond donors (Lipinski definition) is 1. The first-order valence-electron chi connectivity index (χ1n) is 6.89. The molecule has 5 nitrogen and oxygen atoms in total. The van der Waals surface area contributed by atoms with Gasteiger partial charge < -0.3 is 14.6 Å². The minimum atomic E-state index is -2.33. The van der Waals surface area contributed by atoms with Crippen LogP contribution in [0.4, 0.5) is 4.39 Å². The SMILES string of the molecule is O=C(c1cccn1Cc1cccs1)N1CCC(F)(C(=O)O)C1. The summed E-state index contributed by atoms with van der Waals surface area (Å²) in [5, 5.41) is 10.9. The Labute approximate surface area is 130 Å². The molecule has 1 atom stereocenters. The molecule has 0 spiro atoms. The number of aromatic nitrogens is 1. The van der Waals surface area contributed by atoms with Crippen LogP contribution in [-0.4, -0.2) is 45.2 Å². The Kier molecular flexibility index (Phi) is 3.74. The lowest BCUT2D eigenvalue weighted by Gasteiger charge is -2.18. The molecule has 0 bridgehead atoms. The van der Waals surface area contributed by atoms with Gasteiger partial charge in [0.15, 0.2) is 0 Å². The van der Waals surface area contributed by atoms with E-state index >= 15 is 0 Å². The highest BCUT2D eigenvalue weighted by Gasteiger charge is 2.47. The molecule has 1 aliphatic rings. The summed E-state index contributed by atoms with van der Waals surface area (Å²) >= 11 is 1.59. The lowest BCUT2D eigenvalue weighted by molar-refractivity contribution is -0.149. The highest BCUT2D eigenvalue weighted by atomic mass is 32.1. The number of carbonyl (C=O) groups is 2. The highest BCUT2D eigenvalue weighted by molar-refractivity contribution is 7.09. The van der Waals surface area contributed by atoms with E-state index in [-0.39, 0.29) is 18.9 Å². The molecule has 1 aliphatic heterocycles. The van der Waals surface area contributed by atoms with Crippen molar-refractivity contribution < 1.29 is 19.1 Å². The van der Waals surface area contributed by atoms with E-state index in [1.807, 2.05) is 17.5 Å². The number of alkyl halides is 1. The number of aliphatic carboxylic acids is 1. The molecule has 3 heterocycles. The van der Waals surface area contributed by atoms with Gasteiger partial charge in [-0.1, -0.05) is 6.07 Å². The van der Waals surface area contributed by atoms with Gasteiger partial charge in [0.1, 0.15) is 5.69 Å². The Morgan fingerprint density at radius 1 is 1.36 bits per heavy atom. The Morgan fingerprint density at radius 2 is 2.18 bits per heavy atom. The number of carbonyl (C=O) groups excluding carboxylic acids is 1. The van der Waals surface area contributed by atoms with Crippen LogP contribution in [0, 0.1) is 0 Å². The number of carboxylic acids is 1. The molecule has 0 aliphatic carbocycles. The number of hydrogen-bond acceptors (Lipinski definition) is 3. The molecule has 116 valence electrons. The maximum atomic E-state index is 14.1. The third-order valence-corrected chi connectivity index (χ3v) is 4.71. The summed E-state index contributed by atoms with van der Waals surface area (Å²) in [5.41, 5.74) is -1.89. The number of nitrogens with zero attached hydrogens (tertiary/aromatic N) is 2. The molecule has 2 aromatic heterocycles. The number of likely N-dealkylation sites (tertiary alicyclic amines) is 1. The maximum absolute atomic E-state index is 14.1. The molecule has 1 amide bonds. The van der Waals surface area contributed by atoms with Crippen LogP contribution in [0.1, 0.15) is 21.8 Å². The Bertz CT molecular complexity index is 697. The smallest absolute Gasteiger partial charge is 0.343 e. The molecule has 0 aromatic carbocycles. The quantitative estimate of drug-likeness (QED) is 0.939. The van der Waals surface area contributed by atoms with Gasteiger partial charge in [-0.3, -0.25) is 4.79 Å². The highest BCUT2D eigenvalue weighted by Crippen LogP contribution is 2.27. The van der Waals surface area contributed by atoms with Crippen molar-refractivity contribution >= 4 is 23.2 Å². The van der Waals surface area contributed by atoms with Crippen molar-refractivity contribution in [2.45, 2.75) is 18.6 Å². The lowest BCUT2D eigenvalue weighted by Crippen LogP contribution is -2.39. The summed E-state index contributed by atoms with van der Waals surface area (Å²) in [5.74, 6) is -1.83. The van der Waals surface area contributed by atoms with Crippen molar-refractivity contribution in [1.82, 2.24) is 9.47 Å². The topological polar surface area (TPSA) is 62.5 Å². The minimum absolute atomic E-state index is 0.117. The summed E-state index contributed by atoms with van der Waals surface area (Å²) in [7, 11) is 0. The molecule has 3 rings (SSSR count). The van der Waals surface area contributed by atoms with Gasteiger partial charge in [-0.15, -0.1) is 11.3 Å². The third kappa shape index (κ3) is 2.64. The minimum Gasteiger partial charge on any atom is -0.479 e. The zero-order valence-electron chi connectivity index (χ0n) is 11.7. The van der Waals surface area contributed by atoms with Gasteiger partial charge >= 0.3 is 5.97 Å². The van der Waals surface area contributed by atoms with Gasteiger partial charge in [0.2, 0.25) is 5.67 Å². The van der Waals surface area contributed by atoms with E-state index in [4.69, 9.17) is 5.11 Å². The van der Waals surface area contributed by atoms with Crippen molar-refractivity contribution in [3.8, 4) is 0 Å². The lowest BCUT2D eigenvalue weighted by atomic mass is 10.1.